The van der Waals surface area contributed by atoms with Crippen molar-refractivity contribution >= 4 is 0 Å². The third-order valence-corrected chi connectivity index (χ3v) is 7.66. The van der Waals surface area contributed by atoms with Crippen molar-refractivity contribution in [2.24, 2.45) is 5.41 Å². The van der Waals surface area contributed by atoms with E-state index in [0.29, 0.717) is 48.2 Å². The van der Waals surface area contributed by atoms with Crippen LogP contribution in [0, 0.1) is 28.7 Å². The number of halogens is 6. The summed E-state index contributed by atoms with van der Waals surface area (Å²) in [6.45, 7) is 3.45. The van der Waals surface area contributed by atoms with E-state index >= 15 is 4.39 Å². The summed E-state index contributed by atoms with van der Waals surface area (Å²) in [4.78, 5) is 0. The summed E-state index contributed by atoms with van der Waals surface area (Å²) in [6.07, 6.45) is 0.733. The molecule has 3 heterocycles. The minimum Gasteiger partial charge on any atom is -0.323 e. The predicted molar refractivity (Wildman–Crippen MR) is 141 cm³/mol. The van der Waals surface area contributed by atoms with Gasteiger partial charge in [-0.05, 0) is 72.7 Å². The van der Waals surface area contributed by atoms with Gasteiger partial charge in [-0.2, -0.15) is 0 Å². The third kappa shape index (κ3) is 6.22. The van der Waals surface area contributed by atoms with Crippen LogP contribution in [0.1, 0.15) is 42.0 Å². The molecule has 3 aliphatic heterocycles. The first-order valence-corrected chi connectivity index (χ1v) is 13.6. The fourth-order valence-corrected chi connectivity index (χ4v) is 5.41. The number of ether oxygens (including phenoxy) is 3. The first-order chi connectivity index (χ1) is 19.6. The summed E-state index contributed by atoms with van der Waals surface area (Å²) in [5.74, 6) is -4.33. The lowest BCUT2D eigenvalue weighted by Crippen LogP contribution is -2.58. The summed E-state index contributed by atoms with van der Waals surface area (Å²) in [6, 6.07) is 11.0. The van der Waals surface area contributed by atoms with Gasteiger partial charge in [0.25, 0.3) is 6.43 Å². The standard InChI is InChI=1S/C32H30F6O3/c1-2-12-31-17-39-32(40-18-31,41-19-31)23-10-11-24(29(36)16-23)22-9-8-21(26(33)15-22)7-6-20-13-27(34)25(28(35)14-20)4-3-5-30(37)38/h3,5,8-11,13-16,30H,2,4,6-7,12,17-19H2,1H3/b5-3+. The van der Waals surface area contributed by atoms with Gasteiger partial charge < -0.3 is 14.2 Å². The van der Waals surface area contributed by atoms with Gasteiger partial charge in [0.15, 0.2) is 0 Å². The first-order valence-electron chi connectivity index (χ1n) is 13.6. The minimum absolute atomic E-state index is 0.141. The zero-order chi connectivity index (χ0) is 29.2. The molecule has 0 radical (unpaired) electrons. The molecule has 0 spiro atoms. The Balaban J connectivity index is 1.26. The van der Waals surface area contributed by atoms with Crippen LogP contribution in [-0.2, 0) is 39.4 Å². The normalized spacial score (nSPS) is 22.2. The zero-order valence-electron chi connectivity index (χ0n) is 22.5. The SMILES string of the molecule is CCCC12COC(c3ccc(-c4ccc(CCc5cc(F)c(C/C=C/C(F)F)c(F)c5)c(F)c4)c(F)c3)(OC1)OC2. The van der Waals surface area contributed by atoms with E-state index in [1.165, 1.54) is 24.3 Å². The molecule has 3 fully saturated rings. The van der Waals surface area contributed by atoms with Crippen LogP contribution < -0.4 is 0 Å². The molecule has 3 nitrogen and oxygen atoms in total. The third-order valence-electron chi connectivity index (χ3n) is 7.66. The average molecular weight is 577 g/mol. The summed E-state index contributed by atoms with van der Waals surface area (Å²) in [5, 5.41) is 0. The molecule has 0 aliphatic carbocycles. The van der Waals surface area contributed by atoms with Gasteiger partial charge in [-0.3, -0.25) is 0 Å². The largest absolute Gasteiger partial charge is 0.323 e. The smallest absolute Gasteiger partial charge is 0.312 e. The van der Waals surface area contributed by atoms with Gasteiger partial charge in [-0.25, -0.2) is 26.3 Å². The molecule has 0 unspecified atom stereocenters. The van der Waals surface area contributed by atoms with E-state index in [2.05, 4.69) is 6.92 Å². The van der Waals surface area contributed by atoms with Crippen molar-refractivity contribution in [3.8, 4) is 11.1 Å². The quantitative estimate of drug-likeness (QED) is 0.181. The molecule has 41 heavy (non-hydrogen) atoms. The minimum atomic E-state index is -2.70. The Kier molecular flexibility index (Phi) is 8.59. The monoisotopic (exact) mass is 576 g/mol. The van der Waals surface area contributed by atoms with Crippen LogP contribution >= 0.6 is 0 Å². The number of rotatable bonds is 10. The van der Waals surface area contributed by atoms with E-state index in [9.17, 15) is 22.0 Å². The van der Waals surface area contributed by atoms with Gasteiger partial charge in [0.2, 0.25) is 0 Å². The van der Waals surface area contributed by atoms with Crippen molar-refractivity contribution in [1.82, 2.24) is 0 Å². The Bertz CT molecular complexity index is 1390. The Morgan fingerprint density at radius 2 is 1.49 bits per heavy atom. The van der Waals surface area contributed by atoms with Crippen molar-refractivity contribution in [2.75, 3.05) is 19.8 Å². The van der Waals surface area contributed by atoms with Crippen LogP contribution in [0.25, 0.3) is 11.1 Å². The second kappa shape index (κ2) is 12.0. The number of alkyl halides is 2. The molecule has 3 aromatic carbocycles. The van der Waals surface area contributed by atoms with Gasteiger partial charge in [0.05, 0.1) is 19.8 Å². The lowest BCUT2D eigenvalue weighted by atomic mass is 9.83. The molecule has 0 N–H and O–H groups in total. The van der Waals surface area contributed by atoms with Gasteiger partial charge in [0.1, 0.15) is 23.3 Å². The number of allylic oxidation sites excluding steroid dienone is 2. The molecule has 3 aromatic rings. The fraction of sp³-hybridized carbons (Fsp3) is 0.375. The predicted octanol–water partition coefficient (Wildman–Crippen LogP) is 8.03. The van der Waals surface area contributed by atoms with Gasteiger partial charge in [0, 0.05) is 22.1 Å². The van der Waals surface area contributed by atoms with Crippen LogP contribution in [-0.4, -0.2) is 26.2 Å². The maximum absolute atomic E-state index is 15.2. The average Bonchev–Trinajstić information content (AvgIpc) is 2.94. The molecule has 0 amide bonds. The number of aryl methyl sites for hydroxylation is 2. The first kappa shape index (κ1) is 29.4. The molecule has 0 aromatic heterocycles. The second-order valence-corrected chi connectivity index (χ2v) is 10.7. The zero-order valence-corrected chi connectivity index (χ0v) is 22.5. The van der Waals surface area contributed by atoms with Crippen LogP contribution in [0.4, 0.5) is 26.3 Å². The van der Waals surface area contributed by atoms with E-state index in [1.54, 1.807) is 12.1 Å². The number of hydrogen-bond acceptors (Lipinski definition) is 3. The van der Waals surface area contributed by atoms with E-state index in [0.717, 1.165) is 31.1 Å². The molecule has 3 aliphatic rings. The highest BCUT2D eigenvalue weighted by molar-refractivity contribution is 5.65. The molecule has 3 saturated heterocycles. The van der Waals surface area contributed by atoms with Crippen LogP contribution in [0.3, 0.4) is 0 Å². The topological polar surface area (TPSA) is 27.7 Å². The molecule has 6 rings (SSSR count). The van der Waals surface area contributed by atoms with E-state index in [4.69, 9.17) is 14.2 Å². The second-order valence-electron chi connectivity index (χ2n) is 10.7. The molecule has 218 valence electrons. The lowest BCUT2D eigenvalue weighted by molar-refractivity contribution is -0.480. The van der Waals surface area contributed by atoms with Crippen molar-refractivity contribution in [1.29, 1.82) is 0 Å². The van der Waals surface area contributed by atoms with Crippen LogP contribution in [0.15, 0.2) is 60.7 Å². The molecular formula is C32H30F6O3. The van der Waals surface area contributed by atoms with Gasteiger partial charge in [-0.15, -0.1) is 0 Å². The molecule has 0 atom stereocenters. The van der Waals surface area contributed by atoms with Crippen LogP contribution in [0.2, 0.25) is 0 Å². The Labute approximate surface area is 234 Å². The van der Waals surface area contributed by atoms with Crippen molar-refractivity contribution in [2.45, 2.75) is 51.4 Å². The lowest BCUT2D eigenvalue weighted by Gasteiger charge is -2.51. The number of fused-ring (bicyclic) bond motifs is 3. The molecule has 0 saturated carbocycles. The number of hydrogen-bond donors (Lipinski definition) is 0. The molecular weight excluding hydrogens is 546 g/mol. The maximum atomic E-state index is 15.2. The van der Waals surface area contributed by atoms with Gasteiger partial charge in [-0.1, -0.05) is 43.7 Å². The number of benzene rings is 3. The Morgan fingerprint density at radius 1 is 0.805 bits per heavy atom. The highest BCUT2D eigenvalue weighted by Crippen LogP contribution is 2.46. The van der Waals surface area contributed by atoms with Crippen molar-refractivity contribution in [3.63, 3.8) is 0 Å². The summed E-state index contributed by atoms with van der Waals surface area (Å²) >= 11 is 0. The van der Waals surface area contributed by atoms with Crippen LogP contribution in [0.5, 0.6) is 0 Å². The Morgan fingerprint density at radius 3 is 2.07 bits per heavy atom. The molecule has 9 heteroatoms. The maximum Gasteiger partial charge on any atom is 0.312 e. The highest BCUT2D eigenvalue weighted by Gasteiger charge is 2.53. The molecule has 2 bridgehead atoms. The van der Waals surface area contributed by atoms with Gasteiger partial charge >= 0.3 is 5.97 Å². The highest BCUT2D eigenvalue weighted by atomic mass is 19.3. The van der Waals surface area contributed by atoms with E-state index in [-0.39, 0.29) is 35.8 Å². The summed E-state index contributed by atoms with van der Waals surface area (Å²) in [7, 11) is 0. The summed E-state index contributed by atoms with van der Waals surface area (Å²) in [5.41, 5.74) is 0.993. The fourth-order valence-electron chi connectivity index (χ4n) is 5.41. The van der Waals surface area contributed by atoms with E-state index < -0.39 is 35.7 Å². The van der Waals surface area contributed by atoms with Crippen molar-refractivity contribution < 1.29 is 40.6 Å². The van der Waals surface area contributed by atoms with E-state index in [1.807, 2.05) is 0 Å². The summed E-state index contributed by atoms with van der Waals surface area (Å²) < 4.78 is 101. The van der Waals surface area contributed by atoms with Crippen molar-refractivity contribution in [3.05, 3.63) is 106 Å². The Hall–Kier alpha value is -3.14.